The highest BCUT2D eigenvalue weighted by Crippen LogP contribution is 2.28. The Balaban J connectivity index is 1.61. The molecule has 1 saturated carbocycles. The summed E-state index contributed by atoms with van der Waals surface area (Å²) in [7, 11) is 1.46. The molecule has 0 atom stereocenters. The Labute approximate surface area is 123 Å². The number of benzene rings is 1. The highest BCUT2D eigenvalue weighted by molar-refractivity contribution is 5.47. The van der Waals surface area contributed by atoms with Crippen molar-refractivity contribution in [3.05, 3.63) is 42.0 Å². The van der Waals surface area contributed by atoms with E-state index in [9.17, 15) is 4.39 Å². The van der Waals surface area contributed by atoms with Crippen molar-refractivity contribution < 1.29 is 9.13 Å². The number of hydrogen-bond donors (Lipinski definition) is 1. The first kappa shape index (κ1) is 13.9. The van der Waals surface area contributed by atoms with Gasteiger partial charge in [-0.25, -0.2) is 4.39 Å². The first-order valence-electron chi connectivity index (χ1n) is 7.38. The molecular formula is C16H20FN3O. The number of halogens is 1. The van der Waals surface area contributed by atoms with Gasteiger partial charge in [-0.15, -0.1) is 0 Å². The largest absolute Gasteiger partial charge is 0.494 e. The van der Waals surface area contributed by atoms with Gasteiger partial charge in [-0.05, 0) is 31.0 Å². The number of hydrogen-bond acceptors (Lipinski definition) is 3. The first-order valence-corrected chi connectivity index (χ1v) is 7.38. The summed E-state index contributed by atoms with van der Waals surface area (Å²) in [5.74, 6) is -0.106. The van der Waals surface area contributed by atoms with Crippen LogP contribution in [0.1, 0.15) is 37.4 Å². The first-order chi connectivity index (χ1) is 10.3. The quantitative estimate of drug-likeness (QED) is 0.911. The topological polar surface area (TPSA) is 39.1 Å². The molecule has 4 nitrogen and oxygen atoms in total. The van der Waals surface area contributed by atoms with Crippen LogP contribution in [0, 0.1) is 5.82 Å². The van der Waals surface area contributed by atoms with E-state index in [-0.39, 0.29) is 11.6 Å². The summed E-state index contributed by atoms with van der Waals surface area (Å²) in [5, 5.41) is 7.78. The number of ether oxygens (including phenoxy) is 1. The van der Waals surface area contributed by atoms with E-state index >= 15 is 0 Å². The van der Waals surface area contributed by atoms with Crippen LogP contribution in [0.15, 0.2) is 30.5 Å². The molecule has 3 rings (SSSR count). The fourth-order valence-corrected chi connectivity index (χ4v) is 2.81. The van der Waals surface area contributed by atoms with E-state index in [1.807, 2.05) is 12.3 Å². The van der Waals surface area contributed by atoms with Crippen molar-refractivity contribution >= 4 is 5.69 Å². The van der Waals surface area contributed by atoms with E-state index in [0.29, 0.717) is 12.6 Å². The number of aromatic nitrogens is 2. The zero-order valence-electron chi connectivity index (χ0n) is 12.2. The molecule has 0 spiro atoms. The van der Waals surface area contributed by atoms with Crippen LogP contribution in [0.3, 0.4) is 0 Å². The average molecular weight is 289 g/mol. The predicted octanol–water partition coefficient (Wildman–Crippen LogP) is 3.76. The van der Waals surface area contributed by atoms with Crippen molar-refractivity contribution in [3.8, 4) is 5.75 Å². The van der Waals surface area contributed by atoms with Gasteiger partial charge in [0.2, 0.25) is 0 Å². The van der Waals surface area contributed by atoms with Gasteiger partial charge in [0.1, 0.15) is 0 Å². The van der Waals surface area contributed by atoms with E-state index in [1.165, 1.54) is 38.9 Å². The molecule has 0 radical (unpaired) electrons. The maximum Gasteiger partial charge on any atom is 0.167 e. The normalized spacial score (nSPS) is 15.3. The van der Waals surface area contributed by atoms with Crippen molar-refractivity contribution in [3.63, 3.8) is 0 Å². The molecule has 0 amide bonds. The number of nitrogens with one attached hydrogen (secondary N) is 1. The number of nitrogens with zero attached hydrogens (tertiary/aromatic N) is 2. The Kier molecular flexibility index (Phi) is 4.08. The Morgan fingerprint density at radius 2 is 2.14 bits per heavy atom. The molecule has 2 aromatic rings. The van der Waals surface area contributed by atoms with Crippen molar-refractivity contribution in [1.29, 1.82) is 0 Å². The lowest BCUT2D eigenvalue weighted by molar-refractivity contribution is 0.386. The van der Waals surface area contributed by atoms with Crippen LogP contribution in [0.5, 0.6) is 5.75 Å². The van der Waals surface area contributed by atoms with E-state index < -0.39 is 0 Å². The number of anilines is 1. The van der Waals surface area contributed by atoms with Crippen LogP contribution in [-0.2, 0) is 6.54 Å². The highest BCUT2D eigenvalue weighted by atomic mass is 19.1. The summed E-state index contributed by atoms with van der Waals surface area (Å²) in [6.45, 7) is 0.589. The standard InChI is InChI=1S/C16H20FN3O/c1-21-16-7-6-12(10-15(16)17)18-11-13-8-9-20(19-13)14-4-2-3-5-14/h6-10,14,18H,2-5,11H2,1H3. The molecule has 0 saturated heterocycles. The van der Waals surface area contributed by atoms with Gasteiger partial charge in [0, 0.05) is 18.0 Å². The molecule has 1 heterocycles. The summed E-state index contributed by atoms with van der Waals surface area (Å²) in [4.78, 5) is 0. The van der Waals surface area contributed by atoms with Crippen LogP contribution in [0.2, 0.25) is 0 Å². The molecule has 5 heteroatoms. The molecule has 21 heavy (non-hydrogen) atoms. The Hall–Kier alpha value is -2.04. The van der Waals surface area contributed by atoms with Crippen LogP contribution < -0.4 is 10.1 Å². The minimum atomic E-state index is -0.362. The molecule has 0 aliphatic heterocycles. The van der Waals surface area contributed by atoms with Gasteiger partial charge < -0.3 is 10.1 Å². The molecule has 1 N–H and O–H groups in total. The summed E-state index contributed by atoms with van der Waals surface area (Å²) in [6, 6.07) is 7.43. The van der Waals surface area contributed by atoms with E-state index in [1.54, 1.807) is 12.1 Å². The van der Waals surface area contributed by atoms with Gasteiger partial charge in [0.05, 0.1) is 25.4 Å². The predicted molar refractivity (Wildman–Crippen MR) is 80.0 cm³/mol. The zero-order valence-corrected chi connectivity index (χ0v) is 12.2. The second kappa shape index (κ2) is 6.16. The van der Waals surface area contributed by atoms with Crippen LogP contribution in [0.4, 0.5) is 10.1 Å². The maximum absolute atomic E-state index is 13.6. The number of rotatable bonds is 5. The highest BCUT2D eigenvalue weighted by Gasteiger charge is 2.17. The zero-order chi connectivity index (χ0) is 14.7. The minimum Gasteiger partial charge on any atom is -0.494 e. The van der Waals surface area contributed by atoms with Gasteiger partial charge in [-0.1, -0.05) is 12.8 Å². The lowest BCUT2D eigenvalue weighted by Crippen LogP contribution is -2.07. The second-order valence-electron chi connectivity index (χ2n) is 5.43. The summed E-state index contributed by atoms with van der Waals surface area (Å²) in [5.41, 5.74) is 1.70. The van der Waals surface area contributed by atoms with Gasteiger partial charge in [0.15, 0.2) is 11.6 Å². The molecule has 1 aromatic heterocycles. The SMILES string of the molecule is COc1ccc(NCc2ccn(C3CCCC3)n2)cc1F. The monoisotopic (exact) mass is 289 g/mol. The van der Waals surface area contributed by atoms with Crippen LogP contribution >= 0.6 is 0 Å². The molecule has 1 aromatic carbocycles. The lowest BCUT2D eigenvalue weighted by Gasteiger charge is -2.09. The van der Waals surface area contributed by atoms with Gasteiger partial charge >= 0.3 is 0 Å². The molecular weight excluding hydrogens is 269 g/mol. The summed E-state index contributed by atoms with van der Waals surface area (Å²) in [6.07, 6.45) is 7.07. The maximum atomic E-state index is 13.6. The fourth-order valence-electron chi connectivity index (χ4n) is 2.81. The molecule has 1 aliphatic carbocycles. The lowest BCUT2D eigenvalue weighted by atomic mass is 10.3. The minimum absolute atomic E-state index is 0.256. The Bertz CT molecular complexity index is 605. The molecule has 0 bridgehead atoms. The third-order valence-electron chi connectivity index (χ3n) is 3.99. The summed E-state index contributed by atoms with van der Waals surface area (Å²) < 4.78 is 20.6. The third kappa shape index (κ3) is 3.17. The molecule has 0 unspecified atom stereocenters. The molecule has 112 valence electrons. The third-order valence-corrected chi connectivity index (χ3v) is 3.99. The smallest absolute Gasteiger partial charge is 0.167 e. The van der Waals surface area contributed by atoms with Crippen molar-refractivity contribution in [1.82, 2.24) is 9.78 Å². The molecule has 1 fully saturated rings. The van der Waals surface area contributed by atoms with Gasteiger partial charge in [0.25, 0.3) is 0 Å². The molecule has 1 aliphatic rings. The van der Waals surface area contributed by atoms with Crippen molar-refractivity contribution in [2.75, 3.05) is 12.4 Å². The average Bonchev–Trinajstić information content (AvgIpc) is 3.16. The Morgan fingerprint density at radius 1 is 1.33 bits per heavy atom. The van der Waals surface area contributed by atoms with Crippen molar-refractivity contribution in [2.45, 2.75) is 38.3 Å². The van der Waals surface area contributed by atoms with Crippen LogP contribution in [0.25, 0.3) is 0 Å². The van der Waals surface area contributed by atoms with Gasteiger partial charge in [-0.3, -0.25) is 4.68 Å². The van der Waals surface area contributed by atoms with Gasteiger partial charge in [-0.2, -0.15) is 5.10 Å². The second-order valence-corrected chi connectivity index (χ2v) is 5.43. The van der Waals surface area contributed by atoms with E-state index in [0.717, 1.165) is 11.4 Å². The van der Waals surface area contributed by atoms with Crippen molar-refractivity contribution in [2.24, 2.45) is 0 Å². The van der Waals surface area contributed by atoms with Crippen LogP contribution in [-0.4, -0.2) is 16.9 Å². The fraction of sp³-hybridized carbons (Fsp3) is 0.438. The van der Waals surface area contributed by atoms with E-state index in [2.05, 4.69) is 15.1 Å². The summed E-state index contributed by atoms with van der Waals surface area (Å²) >= 11 is 0. The van der Waals surface area contributed by atoms with E-state index in [4.69, 9.17) is 4.74 Å². The Morgan fingerprint density at radius 3 is 2.86 bits per heavy atom. The number of methoxy groups -OCH3 is 1.